The van der Waals surface area contributed by atoms with Gasteiger partial charge in [0.25, 0.3) is 0 Å². The van der Waals surface area contributed by atoms with E-state index >= 15 is 0 Å². The first-order valence-corrected chi connectivity index (χ1v) is 7.61. The van der Waals surface area contributed by atoms with Gasteiger partial charge in [0.15, 0.2) is 0 Å². The Morgan fingerprint density at radius 3 is 2.22 bits per heavy atom. The lowest BCUT2D eigenvalue weighted by molar-refractivity contribution is -0.149. The molecule has 0 spiro atoms. The number of aliphatic hydroxyl groups excluding tert-OH is 1. The second-order valence-corrected chi connectivity index (χ2v) is 6.84. The van der Waals surface area contributed by atoms with Gasteiger partial charge >= 0.3 is 0 Å². The molecule has 2 unspecified atom stereocenters. The zero-order valence-corrected chi connectivity index (χ0v) is 11.4. The van der Waals surface area contributed by atoms with Crippen LogP contribution in [0.3, 0.4) is 0 Å². The molecule has 0 aromatic carbocycles. The Kier molecular flexibility index (Phi) is 3.13. The monoisotopic (exact) mass is 251 g/mol. The van der Waals surface area contributed by atoms with E-state index in [1.165, 1.54) is 19.3 Å². The molecule has 0 aromatic rings. The van der Waals surface area contributed by atoms with Crippen molar-refractivity contribution >= 4 is 5.91 Å². The molecule has 3 rings (SSSR count). The minimum absolute atomic E-state index is 0.110. The smallest absolute Gasteiger partial charge is 0.229 e. The Balaban J connectivity index is 1.76. The highest BCUT2D eigenvalue weighted by Gasteiger charge is 2.48. The van der Waals surface area contributed by atoms with Crippen molar-refractivity contribution in [3.05, 3.63) is 0 Å². The molecular formula is C15H25NO2. The number of aliphatic hydroxyl groups is 1. The van der Waals surface area contributed by atoms with E-state index in [0.29, 0.717) is 18.0 Å². The summed E-state index contributed by atoms with van der Waals surface area (Å²) in [5, 5.41) is 9.83. The number of rotatable bonds is 1. The second kappa shape index (κ2) is 4.52. The molecule has 1 saturated carbocycles. The minimum Gasteiger partial charge on any atom is -0.393 e. The van der Waals surface area contributed by atoms with Gasteiger partial charge in [0.2, 0.25) is 5.91 Å². The van der Waals surface area contributed by atoms with E-state index in [-0.39, 0.29) is 11.5 Å². The Morgan fingerprint density at radius 1 is 1.11 bits per heavy atom. The van der Waals surface area contributed by atoms with Gasteiger partial charge in [-0.05, 0) is 38.5 Å². The zero-order valence-electron chi connectivity index (χ0n) is 11.4. The van der Waals surface area contributed by atoms with Crippen LogP contribution < -0.4 is 0 Å². The van der Waals surface area contributed by atoms with E-state index in [1.807, 2.05) is 0 Å². The maximum absolute atomic E-state index is 12.9. The summed E-state index contributed by atoms with van der Waals surface area (Å²) in [6, 6.07) is 0.648. The van der Waals surface area contributed by atoms with E-state index < -0.39 is 0 Å². The number of carbonyl (C=O) groups is 1. The number of amides is 1. The summed E-state index contributed by atoms with van der Waals surface area (Å²) in [6.45, 7) is 2.17. The summed E-state index contributed by atoms with van der Waals surface area (Å²) in [4.78, 5) is 15.1. The van der Waals surface area contributed by atoms with Gasteiger partial charge in [-0.1, -0.05) is 26.2 Å². The van der Waals surface area contributed by atoms with Crippen molar-refractivity contribution in [3.8, 4) is 0 Å². The van der Waals surface area contributed by atoms with E-state index in [9.17, 15) is 9.90 Å². The highest BCUT2D eigenvalue weighted by molar-refractivity contribution is 5.83. The van der Waals surface area contributed by atoms with Crippen molar-refractivity contribution in [2.75, 3.05) is 0 Å². The predicted octanol–water partition coefficient (Wildman–Crippen LogP) is 2.47. The normalized spacial score (nSPS) is 38.8. The first-order chi connectivity index (χ1) is 8.60. The van der Waals surface area contributed by atoms with Crippen LogP contribution in [0, 0.1) is 5.41 Å². The SMILES string of the molecule is CC1(C(=O)N2C3CCC2CC(O)C3)CCCCC1. The quantitative estimate of drug-likeness (QED) is 0.777. The molecule has 1 N–H and O–H groups in total. The van der Waals surface area contributed by atoms with Crippen molar-refractivity contribution in [2.45, 2.75) is 82.9 Å². The Morgan fingerprint density at radius 2 is 1.67 bits per heavy atom. The van der Waals surface area contributed by atoms with Gasteiger partial charge in [-0.3, -0.25) is 4.79 Å². The maximum Gasteiger partial charge on any atom is 0.229 e. The number of nitrogens with zero attached hydrogens (tertiary/aromatic N) is 1. The molecule has 1 amide bonds. The number of carbonyl (C=O) groups excluding carboxylic acids is 1. The highest BCUT2D eigenvalue weighted by Crippen LogP contribution is 2.43. The van der Waals surface area contributed by atoms with Crippen LogP contribution in [0.1, 0.15) is 64.7 Å². The molecule has 18 heavy (non-hydrogen) atoms. The third-order valence-corrected chi connectivity index (χ3v) is 5.42. The third-order valence-electron chi connectivity index (χ3n) is 5.42. The van der Waals surface area contributed by atoms with E-state index in [1.54, 1.807) is 0 Å². The summed E-state index contributed by atoms with van der Waals surface area (Å²) in [7, 11) is 0. The lowest BCUT2D eigenvalue weighted by Crippen LogP contribution is -2.53. The van der Waals surface area contributed by atoms with Crippen LogP contribution in [0.4, 0.5) is 0 Å². The van der Waals surface area contributed by atoms with Gasteiger partial charge in [-0.15, -0.1) is 0 Å². The number of hydrogen-bond donors (Lipinski definition) is 1. The number of piperidine rings is 1. The van der Waals surface area contributed by atoms with Gasteiger partial charge < -0.3 is 10.0 Å². The van der Waals surface area contributed by atoms with Gasteiger partial charge in [-0.2, -0.15) is 0 Å². The fourth-order valence-electron chi connectivity index (χ4n) is 4.34. The third kappa shape index (κ3) is 1.97. The molecule has 102 valence electrons. The molecular weight excluding hydrogens is 226 g/mol. The van der Waals surface area contributed by atoms with Crippen LogP contribution in [-0.2, 0) is 4.79 Å². The van der Waals surface area contributed by atoms with E-state index in [2.05, 4.69) is 11.8 Å². The predicted molar refractivity (Wildman–Crippen MR) is 70.1 cm³/mol. The molecule has 1 aliphatic carbocycles. The standard InChI is InChI=1S/C15H25NO2/c1-15(7-3-2-4-8-15)14(18)16-11-5-6-12(16)10-13(17)9-11/h11-13,17H,2-10H2,1H3. The van der Waals surface area contributed by atoms with Crippen LogP contribution in [-0.4, -0.2) is 34.1 Å². The van der Waals surface area contributed by atoms with Gasteiger partial charge in [-0.25, -0.2) is 0 Å². The van der Waals surface area contributed by atoms with Crippen molar-refractivity contribution in [2.24, 2.45) is 5.41 Å². The average Bonchev–Trinajstić information content (AvgIpc) is 2.61. The van der Waals surface area contributed by atoms with E-state index in [4.69, 9.17) is 0 Å². The Bertz CT molecular complexity index is 321. The molecule has 3 aliphatic rings. The summed E-state index contributed by atoms with van der Waals surface area (Å²) >= 11 is 0. The van der Waals surface area contributed by atoms with E-state index in [0.717, 1.165) is 38.5 Å². The molecule has 3 nitrogen and oxygen atoms in total. The molecule has 2 saturated heterocycles. The lowest BCUT2D eigenvalue weighted by atomic mass is 9.74. The fourth-order valence-corrected chi connectivity index (χ4v) is 4.34. The largest absolute Gasteiger partial charge is 0.393 e. The zero-order chi connectivity index (χ0) is 12.8. The van der Waals surface area contributed by atoms with Crippen LogP contribution >= 0.6 is 0 Å². The summed E-state index contributed by atoms with van der Waals surface area (Å²) in [5.74, 6) is 0.390. The van der Waals surface area contributed by atoms with Crippen LogP contribution in [0.15, 0.2) is 0 Å². The lowest BCUT2D eigenvalue weighted by Gasteiger charge is -2.43. The molecule has 3 heteroatoms. The number of hydrogen-bond acceptors (Lipinski definition) is 2. The summed E-state index contributed by atoms with van der Waals surface area (Å²) < 4.78 is 0. The van der Waals surface area contributed by atoms with Gasteiger partial charge in [0, 0.05) is 17.5 Å². The fraction of sp³-hybridized carbons (Fsp3) is 0.933. The molecule has 2 bridgehead atoms. The molecule has 0 radical (unpaired) electrons. The second-order valence-electron chi connectivity index (χ2n) is 6.84. The number of fused-ring (bicyclic) bond motifs is 2. The Hall–Kier alpha value is -0.570. The topological polar surface area (TPSA) is 40.5 Å². The molecule has 3 fully saturated rings. The summed E-state index contributed by atoms with van der Waals surface area (Å²) in [6.07, 6.45) is 9.44. The molecule has 2 heterocycles. The minimum atomic E-state index is -0.175. The average molecular weight is 251 g/mol. The van der Waals surface area contributed by atoms with Crippen LogP contribution in [0.25, 0.3) is 0 Å². The Labute approximate surface area is 110 Å². The molecule has 0 aromatic heterocycles. The van der Waals surface area contributed by atoms with Gasteiger partial charge in [0.1, 0.15) is 0 Å². The van der Waals surface area contributed by atoms with Crippen molar-refractivity contribution in [1.82, 2.24) is 4.90 Å². The molecule has 2 atom stereocenters. The van der Waals surface area contributed by atoms with Crippen molar-refractivity contribution in [3.63, 3.8) is 0 Å². The first-order valence-electron chi connectivity index (χ1n) is 7.61. The molecule has 2 aliphatic heterocycles. The van der Waals surface area contributed by atoms with Crippen molar-refractivity contribution in [1.29, 1.82) is 0 Å². The first kappa shape index (κ1) is 12.5. The maximum atomic E-state index is 12.9. The van der Waals surface area contributed by atoms with Gasteiger partial charge in [0.05, 0.1) is 6.10 Å². The summed E-state index contributed by atoms with van der Waals surface area (Å²) in [5.41, 5.74) is -0.110. The highest BCUT2D eigenvalue weighted by atomic mass is 16.3. The van der Waals surface area contributed by atoms with Crippen molar-refractivity contribution < 1.29 is 9.90 Å². The van der Waals surface area contributed by atoms with Crippen LogP contribution in [0.2, 0.25) is 0 Å². The van der Waals surface area contributed by atoms with Crippen LogP contribution in [0.5, 0.6) is 0 Å².